The van der Waals surface area contributed by atoms with Crippen molar-refractivity contribution >= 4 is 17.5 Å². The summed E-state index contributed by atoms with van der Waals surface area (Å²) in [5.41, 5.74) is 0.444. The van der Waals surface area contributed by atoms with Gasteiger partial charge in [0, 0.05) is 32.7 Å². The van der Waals surface area contributed by atoms with Crippen LogP contribution in [-0.2, 0) is 4.74 Å². The average Bonchev–Trinajstić information content (AvgIpc) is 2.34. The Bertz CT molecular complexity index is 408. The van der Waals surface area contributed by atoms with Gasteiger partial charge in [-0.15, -0.1) is 0 Å². The van der Waals surface area contributed by atoms with Crippen LogP contribution in [0, 0.1) is 5.41 Å². The SMILES string of the molecule is COCCC(C)(C)CNC(=O)c1ccncc1Cl. The second kappa shape index (κ2) is 6.71. The van der Waals surface area contributed by atoms with E-state index in [9.17, 15) is 4.79 Å². The minimum Gasteiger partial charge on any atom is -0.385 e. The van der Waals surface area contributed by atoms with Crippen LogP contribution in [0.5, 0.6) is 0 Å². The van der Waals surface area contributed by atoms with Gasteiger partial charge in [0.1, 0.15) is 0 Å². The Balaban J connectivity index is 2.54. The minimum atomic E-state index is -0.173. The molecule has 1 aromatic heterocycles. The van der Waals surface area contributed by atoms with Crippen LogP contribution in [0.1, 0.15) is 30.6 Å². The number of aromatic nitrogens is 1. The Labute approximate surface area is 113 Å². The number of nitrogens with one attached hydrogen (secondary N) is 1. The van der Waals surface area contributed by atoms with E-state index < -0.39 is 0 Å². The number of ether oxygens (including phenoxy) is 1. The molecule has 0 saturated carbocycles. The Morgan fingerprint density at radius 2 is 2.28 bits per heavy atom. The van der Waals surface area contributed by atoms with Crippen LogP contribution in [0.15, 0.2) is 18.5 Å². The quantitative estimate of drug-likeness (QED) is 0.864. The van der Waals surface area contributed by atoms with Crippen molar-refractivity contribution in [3.8, 4) is 0 Å². The average molecular weight is 271 g/mol. The maximum atomic E-state index is 11.9. The van der Waals surface area contributed by atoms with E-state index in [1.807, 2.05) is 0 Å². The van der Waals surface area contributed by atoms with Crippen molar-refractivity contribution in [1.82, 2.24) is 10.3 Å². The van der Waals surface area contributed by atoms with E-state index in [0.717, 1.165) is 6.42 Å². The van der Waals surface area contributed by atoms with Crippen molar-refractivity contribution in [1.29, 1.82) is 0 Å². The van der Waals surface area contributed by atoms with Gasteiger partial charge in [0.15, 0.2) is 0 Å². The maximum absolute atomic E-state index is 11.9. The van der Waals surface area contributed by atoms with Crippen LogP contribution in [0.3, 0.4) is 0 Å². The predicted molar refractivity (Wildman–Crippen MR) is 71.9 cm³/mol. The van der Waals surface area contributed by atoms with E-state index in [-0.39, 0.29) is 11.3 Å². The molecule has 1 amide bonds. The fourth-order valence-electron chi connectivity index (χ4n) is 1.44. The van der Waals surface area contributed by atoms with Gasteiger partial charge in [0.2, 0.25) is 0 Å². The molecule has 0 aliphatic heterocycles. The van der Waals surface area contributed by atoms with Gasteiger partial charge in [0.25, 0.3) is 5.91 Å². The number of rotatable bonds is 6. The van der Waals surface area contributed by atoms with Gasteiger partial charge in [-0.1, -0.05) is 25.4 Å². The minimum absolute atomic E-state index is 0.00875. The maximum Gasteiger partial charge on any atom is 0.252 e. The normalized spacial score (nSPS) is 11.3. The summed E-state index contributed by atoms with van der Waals surface area (Å²) in [6.45, 7) is 5.42. The first-order valence-electron chi connectivity index (χ1n) is 5.83. The number of carbonyl (C=O) groups is 1. The molecule has 0 aliphatic carbocycles. The molecule has 18 heavy (non-hydrogen) atoms. The molecule has 0 aliphatic rings. The molecular weight excluding hydrogens is 252 g/mol. The summed E-state index contributed by atoms with van der Waals surface area (Å²) in [5, 5.41) is 3.25. The van der Waals surface area contributed by atoms with Crippen LogP contribution < -0.4 is 5.32 Å². The molecule has 100 valence electrons. The van der Waals surface area contributed by atoms with Crippen LogP contribution in [0.4, 0.5) is 0 Å². The zero-order chi connectivity index (χ0) is 13.6. The summed E-state index contributed by atoms with van der Waals surface area (Å²) in [4.78, 5) is 15.8. The second-order valence-electron chi connectivity index (χ2n) is 4.95. The molecule has 0 atom stereocenters. The number of halogens is 1. The fraction of sp³-hybridized carbons (Fsp3) is 0.538. The molecule has 0 saturated heterocycles. The Morgan fingerprint density at radius 1 is 1.56 bits per heavy atom. The van der Waals surface area contributed by atoms with Crippen molar-refractivity contribution in [3.63, 3.8) is 0 Å². The van der Waals surface area contributed by atoms with Gasteiger partial charge < -0.3 is 10.1 Å². The highest BCUT2D eigenvalue weighted by molar-refractivity contribution is 6.33. The summed E-state index contributed by atoms with van der Waals surface area (Å²) >= 11 is 5.91. The van der Waals surface area contributed by atoms with Crippen LogP contribution in [0.2, 0.25) is 5.02 Å². The van der Waals surface area contributed by atoms with E-state index >= 15 is 0 Å². The molecule has 0 unspecified atom stereocenters. The van der Waals surface area contributed by atoms with E-state index in [1.54, 1.807) is 19.4 Å². The number of methoxy groups -OCH3 is 1. The van der Waals surface area contributed by atoms with E-state index in [4.69, 9.17) is 16.3 Å². The molecule has 1 rings (SSSR count). The van der Waals surface area contributed by atoms with E-state index in [1.165, 1.54) is 6.20 Å². The molecule has 0 bridgehead atoms. The second-order valence-corrected chi connectivity index (χ2v) is 5.35. The van der Waals surface area contributed by atoms with Gasteiger partial charge in [-0.3, -0.25) is 9.78 Å². The number of nitrogens with zero attached hydrogens (tertiary/aromatic N) is 1. The molecule has 1 aromatic rings. The first-order valence-corrected chi connectivity index (χ1v) is 6.21. The smallest absolute Gasteiger partial charge is 0.252 e. The fourth-order valence-corrected chi connectivity index (χ4v) is 1.65. The van der Waals surface area contributed by atoms with Gasteiger partial charge >= 0.3 is 0 Å². The first kappa shape index (κ1) is 14.9. The van der Waals surface area contributed by atoms with Crippen LogP contribution >= 0.6 is 11.6 Å². The van der Waals surface area contributed by atoms with Crippen LogP contribution in [-0.4, -0.2) is 31.2 Å². The van der Waals surface area contributed by atoms with Crippen molar-refractivity contribution in [2.75, 3.05) is 20.3 Å². The standard InChI is InChI=1S/C13H19ClN2O2/c1-13(2,5-7-18-3)9-16-12(17)10-4-6-15-8-11(10)14/h4,6,8H,5,7,9H2,1-3H3,(H,16,17). The van der Waals surface area contributed by atoms with Crippen molar-refractivity contribution in [3.05, 3.63) is 29.0 Å². The van der Waals surface area contributed by atoms with Gasteiger partial charge in [-0.2, -0.15) is 0 Å². The van der Waals surface area contributed by atoms with Gasteiger partial charge in [-0.25, -0.2) is 0 Å². The van der Waals surface area contributed by atoms with Crippen molar-refractivity contribution < 1.29 is 9.53 Å². The molecule has 1 N–H and O–H groups in total. The molecule has 4 nitrogen and oxygen atoms in total. The molecule has 0 spiro atoms. The predicted octanol–water partition coefficient (Wildman–Crippen LogP) is 2.53. The Morgan fingerprint density at radius 3 is 2.89 bits per heavy atom. The Kier molecular flexibility index (Phi) is 5.56. The number of carbonyl (C=O) groups excluding carboxylic acids is 1. The summed E-state index contributed by atoms with van der Waals surface area (Å²) < 4.78 is 5.05. The summed E-state index contributed by atoms with van der Waals surface area (Å²) in [6.07, 6.45) is 3.90. The molecule has 5 heteroatoms. The number of pyridine rings is 1. The molecule has 0 fully saturated rings. The van der Waals surface area contributed by atoms with E-state index in [2.05, 4.69) is 24.1 Å². The lowest BCUT2D eigenvalue weighted by Gasteiger charge is -2.24. The van der Waals surface area contributed by atoms with Crippen LogP contribution in [0.25, 0.3) is 0 Å². The third-order valence-electron chi connectivity index (χ3n) is 2.73. The lowest BCUT2D eigenvalue weighted by molar-refractivity contribution is 0.0921. The van der Waals surface area contributed by atoms with Gasteiger partial charge in [0.05, 0.1) is 10.6 Å². The summed E-state index contributed by atoms with van der Waals surface area (Å²) in [6, 6.07) is 1.61. The number of hydrogen-bond donors (Lipinski definition) is 1. The molecular formula is C13H19ClN2O2. The molecule has 0 aromatic carbocycles. The number of hydrogen-bond acceptors (Lipinski definition) is 3. The first-order chi connectivity index (χ1) is 8.46. The molecule has 1 heterocycles. The lowest BCUT2D eigenvalue weighted by atomic mass is 9.89. The monoisotopic (exact) mass is 270 g/mol. The largest absolute Gasteiger partial charge is 0.385 e. The highest BCUT2D eigenvalue weighted by Gasteiger charge is 2.19. The third kappa shape index (κ3) is 4.63. The Hall–Kier alpha value is -1.13. The van der Waals surface area contributed by atoms with Crippen molar-refractivity contribution in [2.24, 2.45) is 5.41 Å². The highest BCUT2D eigenvalue weighted by Crippen LogP contribution is 2.19. The zero-order valence-electron chi connectivity index (χ0n) is 11.0. The number of amides is 1. The molecule has 0 radical (unpaired) electrons. The highest BCUT2D eigenvalue weighted by atomic mass is 35.5. The third-order valence-corrected chi connectivity index (χ3v) is 3.03. The van der Waals surface area contributed by atoms with E-state index in [0.29, 0.717) is 23.7 Å². The zero-order valence-corrected chi connectivity index (χ0v) is 11.8. The lowest BCUT2D eigenvalue weighted by Crippen LogP contribution is -2.34. The topological polar surface area (TPSA) is 51.2 Å². The summed E-state index contributed by atoms with van der Waals surface area (Å²) in [7, 11) is 1.67. The van der Waals surface area contributed by atoms with Gasteiger partial charge in [-0.05, 0) is 17.9 Å². The summed E-state index contributed by atoms with van der Waals surface area (Å²) in [5.74, 6) is -0.173. The van der Waals surface area contributed by atoms with Crippen molar-refractivity contribution in [2.45, 2.75) is 20.3 Å².